The molecule has 1 aliphatic carbocycles. The molecule has 1 aliphatic rings. The minimum absolute atomic E-state index is 0.172. The maximum Gasteiger partial charge on any atom is 0.255 e. The fourth-order valence-electron chi connectivity index (χ4n) is 2.72. The van der Waals surface area contributed by atoms with Gasteiger partial charge in [-0.05, 0) is 50.3 Å². The Bertz CT molecular complexity index is 723. The van der Waals surface area contributed by atoms with Gasteiger partial charge in [0, 0.05) is 36.5 Å². The summed E-state index contributed by atoms with van der Waals surface area (Å²) in [5.41, 5.74) is 8.01. The van der Waals surface area contributed by atoms with E-state index >= 15 is 0 Å². The standard InChI is InChI=1S/C22H34N4O/c1-21(2,3)14-24-19-11-18(19)15-8-7-9-16(10-15)20(27)26-17(12-23)13-25-22(4,5)6/h7-10,12-13,18-19,24H,11,14,23H2,1-6H3,(H,26,27). The molecule has 0 heterocycles. The third-order valence-electron chi connectivity index (χ3n) is 4.29. The lowest BCUT2D eigenvalue weighted by molar-refractivity contribution is 0.0968. The molecule has 0 bridgehead atoms. The van der Waals surface area contributed by atoms with E-state index in [1.807, 2.05) is 39.0 Å². The number of aliphatic imine (C=N–C) groups is 1. The Kier molecular flexibility index (Phi) is 6.47. The van der Waals surface area contributed by atoms with Crippen LogP contribution in [0, 0.1) is 5.41 Å². The van der Waals surface area contributed by atoms with Crippen LogP contribution in [0.3, 0.4) is 0 Å². The van der Waals surface area contributed by atoms with Crippen molar-refractivity contribution in [2.75, 3.05) is 6.54 Å². The first-order chi connectivity index (χ1) is 12.5. The molecule has 148 valence electrons. The molecule has 1 fully saturated rings. The Morgan fingerprint density at radius 3 is 2.56 bits per heavy atom. The second-order valence-corrected chi connectivity index (χ2v) is 9.52. The Balaban J connectivity index is 1.99. The third-order valence-corrected chi connectivity index (χ3v) is 4.29. The highest BCUT2D eigenvalue weighted by Gasteiger charge is 2.38. The molecular formula is C22H34N4O. The van der Waals surface area contributed by atoms with Gasteiger partial charge < -0.3 is 16.4 Å². The summed E-state index contributed by atoms with van der Waals surface area (Å²) in [6, 6.07) is 8.35. The van der Waals surface area contributed by atoms with Gasteiger partial charge in [-0.1, -0.05) is 32.9 Å². The topological polar surface area (TPSA) is 79.5 Å². The summed E-state index contributed by atoms with van der Waals surface area (Å²) in [5, 5.41) is 6.45. The lowest BCUT2D eigenvalue weighted by atomic mass is 9.97. The molecule has 1 aromatic carbocycles. The summed E-state index contributed by atoms with van der Waals surface area (Å²) in [7, 11) is 0. The van der Waals surface area contributed by atoms with Crippen LogP contribution in [-0.2, 0) is 0 Å². The molecule has 1 aromatic rings. The summed E-state index contributed by atoms with van der Waals surface area (Å²) in [4.78, 5) is 17.0. The maximum absolute atomic E-state index is 12.6. The zero-order chi connectivity index (χ0) is 20.2. The van der Waals surface area contributed by atoms with Crippen molar-refractivity contribution in [1.29, 1.82) is 0 Å². The van der Waals surface area contributed by atoms with Gasteiger partial charge in [-0.2, -0.15) is 0 Å². The van der Waals surface area contributed by atoms with Crippen LogP contribution in [0.5, 0.6) is 0 Å². The Labute approximate surface area is 163 Å². The molecule has 2 unspecified atom stereocenters. The fourth-order valence-corrected chi connectivity index (χ4v) is 2.72. The van der Waals surface area contributed by atoms with E-state index < -0.39 is 0 Å². The number of nitrogens with two attached hydrogens (primary N) is 1. The smallest absolute Gasteiger partial charge is 0.255 e. The molecular weight excluding hydrogens is 336 g/mol. The van der Waals surface area contributed by atoms with Crippen molar-refractivity contribution in [1.82, 2.24) is 10.6 Å². The Morgan fingerprint density at radius 1 is 1.26 bits per heavy atom. The number of benzene rings is 1. The van der Waals surface area contributed by atoms with Crippen molar-refractivity contribution < 1.29 is 4.79 Å². The second-order valence-electron chi connectivity index (χ2n) is 9.52. The molecule has 0 radical (unpaired) electrons. The Hall–Kier alpha value is -2.14. The van der Waals surface area contributed by atoms with E-state index in [9.17, 15) is 4.79 Å². The van der Waals surface area contributed by atoms with E-state index in [2.05, 4.69) is 42.5 Å². The normalized spacial score (nSPS) is 20.7. The number of allylic oxidation sites excluding steroid dienone is 1. The summed E-state index contributed by atoms with van der Waals surface area (Å²) >= 11 is 0. The van der Waals surface area contributed by atoms with Crippen LogP contribution < -0.4 is 16.4 Å². The summed E-state index contributed by atoms with van der Waals surface area (Å²) in [6.07, 6.45) is 4.09. The largest absolute Gasteiger partial charge is 0.403 e. The number of carbonyl (C=O) groups is 1. The lowest BCUT2D eigenvalue weighted by Gasteiger charge is -2.18. The number of hydrogen-bond donors (Lipinski definition) is 3. The number of amides is 1. The molecule has 5 heteroatoms. The molecule has 5 nitrogen and oxygen atoms in total. The molecule has 2 rings (SSSR count). The monoisotopic (exact) mass is 370 g/mol. The molecule has 1 amide bonds. The highest BCUT2D eigenvalue weighted by Crippen LogP contribution is 2.41. The average molecular weight is 371 g/mol. The van der Waals surface area contributed by atoms with Crippen LogP contribution in [0.15, 0.2) is 41.2 Å². The fraction of sp³-hybridized carbons (Fsp3) is 0.545. The van der Waals surface area contributed by atoms with Gasteiger partial charge in [0.1, 0.15) is 0 Å². The highest BCUT2D eigenvalue weighted by atomic mass is 16.1. The Morgan fingerprint density at radius 2 is 1.96 bits per heavy atom. The van der Waals surface area contributed by atoms with Gasteiger partial charge in [0.2, 0.25) is 0 Å². The van der Waals surface area contributed by atoms with Crippen LogP contribution in [0.25, 0.3) is 0 Å². The SMILES string of the molecule is CC(C)(C)CNC1CC1c1cccc(C(=O)NC(C=NC(C)(C)C)=CN)c1. The molecule has 4 N–H and O–H groups in total. The van der Waals surface area contributed by atoms with Crippen LogP contribution >= 0.6 is 0 Å². The number of hydrogen-bond acceptors (Lipinski definition) is 4. The van der Waals surface area contributed by atoms with E-state index in [0.29, 0.717) is 23.2 Å². The average Bonchev–Trinajstić information content (AvgIpc) is 3.35. The molecule has 27 heavy (non-hydrogen) atoms. The zero-order valence-corrected chi connectivity index (χ0v) is 17.5. The van der Waals surface area contributed by atoms with Gasteiger partial charge in [-0.15, -0.1) is 0 Å². The molecule has 1 saturated carbocycles. The van der Waals surface area contributed by atoms with Crippen LogP contribution in [0.4, 0.5) is 0 Å². The minimum Gasteiger partial charge on any atom is -0.403 e. The molecule has 0 spiro atoms. The van der Waals surface area contributed by atoms with Gasteiger partial charge >= 0.3 is 0 Å². The summed E-state index contributed by atoms with van der Waals surface area (Å²) in [5.74, 6) is 0.306. The lowest BCUT2D eigenvalue weighted by Crippen LogP contribution is -2.29. The molecule has 0 aliphatic heterocycles. The summed E-state index contributed by atoms with van der Waals surface area (Å²) < 4.78 is 0. The zero-order valence-electron chi connectivity index (χ0n) is 17.5. The van der Waals surface area contributed by atoms with Gasteiger partial charge in [0.05, 0.1) is 11.2 Å². The predicted molar refractivity (Wildman–Crippen MR) is 113 cm³/mol. The first kappa shape index (κ1) is 21.2. The molecule has 0 saturated heterocycles. The quantitative estimate of drug-likeness (QED) is 0.670. The van der Waals surface area contributed by atoms with Crippen LogP contribution in [0.1, 0.15) is 69.8 Å². The number of carbonyl (C=O) groups excluding carboxylic acids is 1. The number of rotatable bonds is 6. The number of nitrogens with zero attached hydrogens (tertiary/aromatic N) is 1. The van der Waals surface area contributed by atoms with E-state index in [-0.39, 0.29) is 16.9 Å². The van der Waals surface area contributed by atoms with Gasteiger partial charge in [0.25, 0.3) is 5.91 Å². The van der Waals surface area contributed by atoms with Crippen LogP contribution in [-0.4, -0.2) is 30.2 Å². The number of nitrogens with one attached hydrogen (secondary N) is 2. The van der Waals surface area contributed by atoms with Crippen molar-refractivity contribution in [3.63, 3.8) is 0 Å². The van der Waals surface area contributed by atoms with Crippen molar-refractivity contribution in [3.05, 3.63) is 47.3 Å². The van der Waals surface area contributed by atoms with Gasteiger partial charge in [0.15, 0.2) is 0 Å². The third kappa shape index (κ3) is 7.18. The van der Waals surface area contributed by atoms with E-state index in [4.69, 9.17) is 5.73 Å². The summed E-state index contributed by atoms with van der Waals surface area (Å²) in [6.45, 7) is 13.6. The van der Waals surface area contributed by atoms with Crippen molar-refractivity contribution in [2.45, 2.75) is 65.5 Å². The molecule has 0 aromatic heterocycles. The first-order valence-corrected chi connectivity index (χ1v) is 9.60. The van der Waals surface area contributed by atoms with Gasteiger partial charge in [-0.25, -0.2) is 0 Å². The molecule has 2 atom stereocenters. The van der Waals surface area contributed by atoms with Gasteiger partial charge in [-0.3, -0.25) is 9.79 Å². The first-order valence-electron chi connectivity index (χ1n) is 9.60. The van der Waals surface area contributed by atoms with E-state index in [0.717, 1.165) is 13.0 Å². The van der Waals surface area contributed by atoms with Crippen LogP contribution in [0.2, 0.25) is 0 Å². The van der Waals surface area contributed by atoms with Crippen molar-refractivity contribution in [3.8, 4) is 0 Å². The van der Waals surface area contributed by atoms with Crippen molar-refractivity contribution >= 4 is 12.1 Å². The maximum atomic E-state index is 12.6. The van der Waals surface area contributed by atoms with E-state index in [1.54, 1.807) is 6.21 Å². The predicted octanol–water partition coefficient (Wildman–Crippen LogP) is 3.58. The van der Waals surface area contributed by atoms with E-state index in [1.165, 1.54) is 11.8 Å². The highest BCUT2D eigenvalue weighted by molar-refractivity contribution is 5.99. The van der Waals surface area contributed by atoms with Crippen molar-refractivity contribution in [2.24, 2.45) is 16.1 Å². The second kappa shape index (κ2) is 8.26. The minimum atomic E-state index is -0.222.